The highest BCUT2D eigenvalue weighted by atomic mass is 32.2. The van der Waals surface area contributed by atoms with Crippen molar-refractivity contribution in [3.05, 3.63) is 102 Å². The number of amides is 1. The number of hydrogen-bond acceptors (Lipinski definition) is 6. The van der Waals surface area contributed by atoms with Crippen LogP contribution in [0.5, 0.6) is 0 Å². The Morgan fingerprint density at radius 2 is 1.61 bits per heavy atom. The maximum atomic E-state index is 14.0. The Labute approximate surface area is 268 Å². The summed E-state index contributed by atoms with van der Waals surface area (Å²) in [4.78, 5) is 19.4. The molecule has 3 aromatic heterocycles. The van der Waals surface area contributed by atoms with Crippen molar-refractivity contribution in [3.8, 4) is 22.3 Å². The van der Waals surface area contributed by atoms with Gasteiger partial charge in [-0.25, -0.2) is 17.4 Å². The SMILES string of the molecule is Cc1ccc(S(=O)(=O)n2cc(-c3ccc(C(N)=O)c(C)c3C)c3cc(-c4cccc5c4cnn5C4CCN(C)CC4)cnc32)cc1. The highest BCUT2D eigenvalue weighted by Gasteiger charge is 2.26. The molecule has 10 heteroatoms. The molecule has 0 saturated carbocycles. The topological polar surface area (TPSA) is 116 Å². The highest BCUT2D eigenvalue weighted by molar-refractivity contribution is 7.90. The average molecular weight is 633 g/mol. The minimum Gasteiger partial charge on any atom is -0.366 e. The molecule has 1 amide bonds. The van der Waals surface area contributed by atoms with Gasteiger partial charge in [0.25, 0.3) is 10.0 Å². The Balaban J connectivity index is 1.43. The van der Waals surface area contributed by atoms with Gasteiger partial charge in [0, 0.05) is 39.9 Å². The van der Waals surface area contributed by atoms with Crippen LogP contribution in [0, 0.1) is 20.8 Å². The first-order valence-electron chi connectivity index (χ1n) is 15.4. The van der Waals surface area contributed by atoms with Gasteiger partial charge in [-0.05, 0) is 106 Å². The Kier molecular flexibility index (Phi) is 7.29. The number of aryl methyl sites for hydroxylation is 1. The highest BCUT2D eigenvalue weighted by Crippen LogP contribution is 2.39. The van der Waals surface area contributed by atoms with Crippen LogP contribution in [0.2, 0.25) is 0 Å². The first-order chi connectivity index (χ1) is 22.0. The molecule has 0 aliphatic carbocycles. The van der Waals surface area contributed by atoms with Gasteiger partial charge in [-0.2, -0.15) is 5.10 Å². The van der Waals surface area contributed by atoms with Crippen LogP contribution in [-0.4, -0.2) is 58.1 Å². The minimum absolute atomic E-state index is 0.176. The summed E-state index contributed by atoms with van der Waals surface area (Å²) in [5, 5.41) is 6.54. The number of nitrogens with zero attached hydrogens (tertiary/aromatic N) is 5. The zero-order valence-corrected chi connectivity index (χ0v) is 27.2. The van der Waals surface area contributed by atoms with Crippen molar-refractivity contribution in [2.75, 3.05) is 20.1 Å². The van der Waals surface area contributed by atoms with Crippen LogP contribution in [0.25, 0.3) is 44.2 Å². The molecule has 4 heterocycles. The maximum Gasteiger partial charge on any atom is 0.269 e. The number of piperidine rings is 1. The van der Waals surface area contributed by atoms with Gasteiger partial charge in [0.15, 0.2) is 5.65 Å². The summed E-state index contributed by atoms with van der Waals surface area (Å²) >= 11 is 0. The number of carbonyl (C=O) groups is 1. The molecular weight excluding hydrogens is 597 g/mol. The van der Waals surface area contributed by atoms with E-state index >= 15 is 0 Å². The van der Waals surface area contributed by atoms with Crippen molar-refractivity contribution < 1.29 is 13.2 Å². The van der Waals surface area contributed by atoms with Gasteiger partial charge in [-0.15, -0.1) is 0 Å². The number of carbonyl (C=O) groups excluding carboxylic acids is 1. The first kappa shape index (κ1) is 29.9. The van der Waals surface area contributed by atoms with E-state index in [2.05, 4.69) is 28.8 Å². The molecule has 0 spiro atoms. The third kappa shape index (κ3) is 4.89. The Bertz CT molecular complexity index is 2260. The fourth-order valence-corrected chi connectivity index (χ4v) is 8.00. The van der Waals surface area contributed by atoms with Crippen LogP contribution in [0.3, 0.4) is 0 Å². The second-order valence-electron chi connectivity index (χ2n) is 12.4. The number of aromatic nitrogens is 4. The molecule has 234 valence electrons. The largest absolute Gasteiger partial charge is 0.366 e. The molecule has 1 fully saturated rings. The summed E-state index contributed by atoms with van der Waals surface area (Å²) in [6.07, 6.45) is 7.40. The molecule has 7 rings (SSSR count). The Morgan fingerprint density at radius 1 is 0.870 bits per heavy atom. The fourth-order valence-electron chi connectivity index (χ4n) is 6.68. The maximum absolute atomic E-state index is 14.0. The van der Waals surface area contributed by atoms with Gasteiger partial charge in [0.2, 0.25) is 5.91 Å². The summed E-state index contributed by atoms with van der Waals surface area (Å²) in [5.41, 5.74) is 13.4. The number of fused-ring (bicyclic) bond motifs is 2. The van der Waals surface area contributed by atoms with Gasteiger partial charge in [-0.1, -0.05) is 35.9 Å². The summed E-state index contributed by atoms with van der Waals surface area (Å²) in [7, 11) is -1.82. The minimum atomic E-state index is -3.98. The predicted octanol–water partition coefficient (Wildman–Crippen LogP) is 6.25. The van der Waals surface area contributed by atoms with E-state index in [1.807, 2.05) is 45.2 Å². The molecular formula is C36H36N6O3S. The molecule has 1 aliphatic rings. The molecule has 0 atom stereocenters. The van der Waals surface area contributed by atoms with Crippen LogP contribution in [0.4, 0.5) is 0 Å². The lowest BCUT2D eigenvalue weighted by molar-refractivity contribution is 0.0999. The third-order valence-electron chi connectivity index (χ3n) is 9.52. The molecule has 46 heavy (non-hydrogen) atoms. The summed E-state index contributed by atoms with van der Waals surface area (Å²) in [6, 6.07) is 18.9. The zero-order chi connectivity index (χ0) is 32.3. The van der Waals surface area contributed by atoms with Gasteiger partial charge >= 0.3 is 0 Å². The second kappa shape index (κ2) is 11.2. The number of hydrogen-bond donors (Lipinski definition) is 1. The van der Waals surface area contributed by atoms with Crippen LogP contribution in [0.15, 0.2) is 84.1 Å². The standard InChI is InChI=1S/C36H36N6O3S/c1-22-8-10-27(11-9-22)46(44,45)41-21-33(28-12-13-29(35(37)43)24(3)23(28)2)31-18-25(19-38-36(31)41)30-6-5-7-34-32(30)20-39-42(34)26-14-16-40(4)17-15-26/h5-13,18-21,26H,14-17H2,1-4H3,(H2,37,43). The summed E-state index contributed by atoms with van der Waals surface area (Å²) in [6.45, 7) is 7.77. The van der Waals surface area contributed by atoms with E-state index in [1.165, 1.54) is 3.97 Å². The van der Waals surface area contributed by atoms with E-state index in [9.17, 15) is 13.2 Å². The smallest absolute Gasteiger partial charge is 0.269 e. The zero-order valence-electron chi connectivity index (χ0n) is 26.4. The third-order valence-corrected chi connectivity index (χ3v) is 11.2. The second-order valence-corrected chi connectivity index (χ2v) is 14.2. The normalized spacial score (nSPS) is 14.8. The van der Waals surface area contributed by atoms with Crippen molar-refractivity contribution in [3.63, 3.8) is 0 Å². The summed E-state index contributed by atoms with van der Waals surface area (Å²) < 4.78 is 31.5. The van der Waals surface area contributed by atoms with Crippen LogP contribution in [0.1, 0.15) is 45.9 Å². The van der Waals surface area contributed by atoms with Crippen molar-refractivity contribution in [2.45, 2.75) is 44.6 Å². The first-order valence-corrected chi connectivity index (χ1v) is 16.9. The van der Waals surface area contributed by atoms with Gasteiger partial charge < -0.3 is 10.6 Å². The summed E-state index contributed by atoms with van der Waals surface area (Å²) in [5.74, 6) is -0.505. The number of nitrogens with two attached hydrogens (primary N) is 1. The number of primary amides is 1. The molecule has 0 radical (unpaired) electrons. The van der Waals surface area contributed by atoms with E-state index in [-0.39, 0.29) is 4.90 Å². The predicted molar refractivity (Wildman–Crippen MR) is 181 cm³/mol. The Hall–Kier alpha value is -4.80. The van der Waals surface area contributed by atoms with Crippen molar-refractivity contribution >= 4 is 37.9 Å². The number of benzene rings is 3. The van der Waals surface area contributed by atoms with Gasteiger partial charge in [0.1, 0.15) is 0 Å². The molecule has 1 saturated heterocycles. The molecule has 1 aliphatic heterocycles. The van der Waals surface area contributed by atoms with E-state index in [4.69, 9.17) is 15.8 Å². The van der Waals surface area contributed by atoms with E-state index in [0.717, 1.165) is 70.2 Å². The molecule has 6 aromatic rings. The van der Waals surface area contributed by atoms with Crippen molar-refractivity contribution in [1.82, 2.24) is 23.6 Å². The molecule has 3 aromatic carbocycles. The van der Waals surface area contributed by atoms with E-state index in [0.29, 0.717) is 28.2 Å². The lowest BCUT2D eigenvalue weighted by atomic mass is 9.93. The molecule has 0 unspecified atom stereocenters. The van der Waals surface area contributed by atoms with E-state index in [1.54, 1.807) is 42.7 Å². The average Bonchev–Trinajstić information content (AvgIpc) is 3.65. The van der Waals surface area contributed by atoms with Crippen molar-refractivity contribution in [1.29, 1.82) is 0 Å². The molecule has 9 nitrogen and oxygen atoms in total. The quantitative estimate of drug-likeness (QED) is 0.232. The van der Waals surface area contributed by atoms with Crippen LogP contribution in [-0.2, 0) is 10.0 Å². The molecule has 0 bridgehead atoms. The lowest BCUT2D eigenvalue weighted by Crippen LogP contribution is -2.31. The number of rotatable bonds is 6. The number of pyridine rings is 1. The van der Waals surface area contributed by atoms with Crippen LogP contribution < -0.4 is 5.73 Å². The molecule has 2 N–H and O–H groups in total. The monoisotopic (exact) mass is 632 g/mol. The van der Waals surface area contributed by atoms with Crippen molar-refractivity contribution in [2.24, 2.45) is 5.73 Å². The van der Waals surface area contributed by atoms with Gasteiger partial charge in [0.05, 0.1) is 22.7 Å². The number of likely N-dealkylation sites (tertiary alicyclic amines) is 1. The Morgan fingerprint density at radius 3 is 2.33 bits per heavy atom. The van der Waals surface area contributed by atoms with E-state index < -0.39 is 15.9 Å². The van der Waals surface area contributed by atoms with Crippen LogP contribution >= 0.6 is 0 Å². The lowest BCUT2D eigenvalue weighted by Gasteiger charge is -2.29. The van der Waals surface area contributed by atoms with Gasteiger partial charge in [-0.3, -0.25) is 9.48 Å². The fraction of sp³-hybridized carbons (Fsp3) is 0.250.